The van der Waals surface area contributed by atoms with Crippen LogP contribution < -0.4 is 0 Å². The second-order valence-electron chi connectivity index (χ2n) is 5.74. The van der Waals surface area contributed by atoms with Crippen LogP contribution in [0.4, 0.5) is 0 Å². The quantitative estimate of drug-likeness (QED) is 0.640. The van der Waals surface area contributed by atoms with Crippen molar-refractivity contribution in [1.29, 1.82) is 0 Å². The molecule has 1 aromatic rings. The molecule has 0 aliphatic heterocycles. The molecule has 0 fully saturated rings. The van der Waals surface area contributed by atoms with E-state index in [2.05, 4.69) is 0 Å². The third-order valence-electron chi connectivity index (χ3n) is 3.57. The Balaban J connectivity index is 3.36. The van der Waals surface area contributed by atoms with Crippen molar-refractivity contribution < 1.29 is 8.42 Å². The summed E-state index contributed by atoms with van der Waals surface area (Å²) in [6.07, 6.45) is 1.64. The maximum atomic E-state index is 13.2. The summed E-state index contributed by atoms with van der Waals surface area (Å²) in [6, 6.07) is 0.0416. The summed E-state index contributed by atoms with van der Waals surface area (Å²) in [5, 5.41) is 1.88. The van der Waals surface area contributed by atoms with E-state index < -0.39 is 10.0 Å². The maximum Gasteiger partial charge on any atom is 0.244 e. The molecule has 21 heavy (non-hydrogen) atoms. The molecule has 0 N–H and O–H groups in total. The second kappa shape index (κ2) is 7.95. The van der Waals surface area contributed by atoms with Gasteiger partial charge in [-0.25, -0.2) is 8.42 Å². The van der Waals surface area contributed by atoms with Gasteiger partial charge >= 0.3 is 0 Å². The highest BCUT2D eigenvalue weighted by molar-refractivity contribution is 7.89. The third kappa shape index (κ3) is 4.21. The van der Waals surface area contributed by atoms with Gasteiger partial charge in [0.25, 0.3) is 0 Å². The Morgan fingerprint density at radius 3 is 2.29 bits per heavy atom. The first-order chi connectivity index (χ1) is 9.79. The summed E-state index contributed by atoms with van der Waals surface area (Å²) < 4.78 is 28.0. The highest BCUT2D eigenvalue weighted by Gasteiger charge is 2.33. The van der Waals surface area contributed by atoms with Gasteiger partial charge < -0.3 is 0 Å². The van der Waals surface area contributed by atoms with Gasteiger partial charge in [0.1, 0.15) is 4.90 Å². The number of halogens is 1. The minimum Gasteiger partial charge on any atom is -0.207 e. The fourth-order valence-electron chi connectivity index (χ4n) is 2.54. The fourth-order valence-corrected chi connectivity index (χ4v) is 6.49. The monoisotopic (exact) mass is 351 g/mol. The lowest BCUT2D eigenvalue weighted by atomic mass is 10.1. The predicted molar refractivity (Wildman–Crippen MR) is 91.7 cm³/mol. The van der Waals surface area contributed by atoms with Gasteiger partial charge in [-0.1, -0.05) is 27.7 Å². The molecule has 1 aromatic heterocycles. The van der Waals surface area contributed by atoms with Crippen molar-refractivity contribution in [1.82, 2.24) is 4.31 Å². The molecule has 1 rings (SSSR count). The smallest absolute Gasteiger partial charge is 0.207 e. The summed E-state index contributed by atoms with van der Waals surface area (Å²) in [6.45, 7) is 10.6. The average molecular weight is 352 g/mol. The molecule has 122 valence electrons. The van der Waals surface area contributed by atoms with E-state index in [1.54, 1.807) is 4.31 Å². The Bertz CT molecular complexity index is 548. The van der Waals surface area contributed by atoms with E-state index in [-0.39, 0.29) is 11.9 Å². The molecule has 0 spiro atoms. The van der Waals surface area contributed by atoms with Crippen LogP contribution in [0.5, 0.6) is 0 Å². The van der Waals surface area contributed by atoms with E-state index in [4.69, 9.17) is 11.6 Å². The normalized spacial score (nSPS) is 12.8. The molecule has 0 radical (unpaired) electrons. The standard InChI is InChI=1S/C15H26ClNO2S2/c1-6-13(7-2)17(9-11(3)4)21(18,19)15-12(5)10-20-14(15)8-16/h10-11,13H,6-9H2,1-5H3. The van der Waals surface area contributed by atoms with Crippen LogP contribution in [0.3, 0.4) is 0 Å². The number of hydrogen-bond acceptors (Lipinski definition) is 3. The number of hydrogen-bond donors (Lipinski definition) is 0. The van der Waals surface area contributed by atoms with Crippen molar-refractivity contribution in [2.24, 2.45) is 5.92 Å². The zero-order chi connectivity index (χ0) is 16.2. The molecule has 0 aliphatic carbocycles. The molecule has 0 bridgehead atoms. The number of aryl methyl sites for hydroxylation is 1. The first-order valence-electron chi connectivity index (χ1n) is 7.44. The van der Waals surface area contributed by atoms with Crippen molar-refractivity contribution >= 4 is 33.0 Å². The van der Waals surface area contributed by atoms with E-state index in [1.165, 1.54) is 11.3 Å². The molecule has 0 saturated heterocycles. The zero-order valence-corrected chi connectivity index (χ0v) is 15.9. The summed E-state index contributed by atoms with van der Waals surface area (Å²) in [7, 11) is -3.49. The SMILES string of the molecule is CCC(CC)N(CC(C)C)S(=O)(=O)c1c(C)csc1CCl. The summed E-state index contributed by atoms with van der Waals surface area (Å²) in [4.78, 5) is 1.17. The molecule has 0 amide bonds. The summed E-state index contributed by atoms with van der Waals surface area (Å²) in [5.41, 5.74) is 0.801. The molecule has 3 nitrogen and oxygen atoms in total. The highest BCUT2D eigenvalue weighted by Crippen LogP contribution is 2.32. The number of thiophene rings is 1. The van der Waals surface area contributed by atoms with Crippen LogP contribution in [0.15, 0.2) is 10.3 Å². The molecule has 0 aliphatic rings. The number of alkyl halides is 1. The van der Waals surface area contributed by atoms with Crippen LogP contribution in [-0.2, 0) is 15.9 Å². The number of nitrogens with zero attached hydrogens (tertiary/aromatic N) is 1. The van der Waals surface area contributed by atoms with E-state index in [0.717, 1.165) is 23.3 Å². The Morgan fingerprint density at radius 1 is 1.29 bits per heavy atom. The molecule has 0 unspecified atom stereocenters. The summed E-state index contributed by atoms with van der Waals surface area (Å²) in [5.74, 6) is 0.532. The highest BCUT2D eigenvalue weighted by atomic mass is 35.5. The van der Waals surface area contributed by atoms with Crippen molar-refractivity contribution in [2.75, 3.05) is 6.54 Å². The topological polar surface area (TPSA) is 37.4 Å². The lowest BCUT2D eigenvalue weighted by molar-refractivity contribution is 0.276. The van der Waals surface area contributed by atoms with E-state index in [1.807, 2.05) is 40.0 Å². The van der Waals surface area contributed by atoms with Crippen molar-refractivity contribution in [3.63, 3.8) is 0 Å². The van der Waals surface area contributed by atoms with Gasteiger partial charge in [-0.2, -0.15) is 4.31 Å². The summed E-state index contributed by atoms with van der Waals surface area (Å²) >= 11 is 7.37. The van der Waals surface area contributed by atoms with Gasteiger partial charge in [-0.15, -0.1) is 22.9 Å². The van der Waals surface area contributed by atoms with Gasteiger partial charge in [-0.05, 0) is 36.6 Å². The van der Waals surface area contributed by atoms with Crippen molar-refractivity contribution in [3.8, 4) is 0 Å². The third-order valence-corrected chi connectivity index (χ3v) is 7.38. The van der Waals surface area contributed by atoms with Crippen LogP contribution in [-0.4, -0.2) is 25.3 Å². The molecular weight excluding hydrogens is 326 g/mol. The molecule has 6 heteroatoms. The lowest BCUT2D eigenvalue weighted by Gasteiger charge is -2.31. The van der Waals surface area contributed by atoms with Gasteiger partial charge in [0.2, 0.25) is 10.0 Å². The first-order valence-corrected chi connectivity index (χ1v) is 10.3. The molecule has 0 atom stereocenters. The zero-order valence-electron chi connectivity index (χ0n) is 13.5. The van der Waals surface area contributed by atoms with Crippen LogP contribution in [0.1, 0.15) is 51.0 Å². The largest absolute Gasteiger partial charge is 0.244 e. The van der Waals surface area contributed by atoms with Gasteiger partial charge in [-0.3, -0.25) is 0 Å². The molecular formula is C15H26ClNO2S2. The van der Waals surface area contributed by atoms with Crippen LogP contribution in [0, 0.1) is 12.8 Å². The number of sulfonamides is 1. The molecule has 0 saturated carbocycles. The maximum absolute atomic E-state index is 13.2. The van der Waals surface area contributed by atoms with Crippen molar-refractivity contribution in [2.45, 2.75) is 64.3 Å². The molecule has 0 aromatic carbocycles. The minimum absolute atomic E-state index is 0.0416. The predicted octanol–water partition coefficient (Wildman–Crippen LogP) is 4.63. The van der Waals surface area contributed by atoms with E-state index in [0.29, 0.717) is 17.4 Å². The number of rotatable bonds is 8. The fraction of sp³-hybridized carbons (Fsp3) is 0.733. The van der Waals surface area contributed by atoms with Crippen LogP contribution in [0.25, 0.3) is 0 Å². The minimum atomic E-state index is -3.49. The Morgan fingerprint density at radius 2 is 1.86 bits per heavy atom. The van der Waals surface area contributed by atoms with Crippen molar-refractivity contribution in [3.05, 3.63) is 15.8 Å². The Kier molecular flexibility index (Phi) is 7.17. The molecule has 1 heterocycles. The van der Waals surface area contributed by atoms with Crippen LogP contribution in [0.2, 0.25) is 0 Å². The lowest BCUT2D eigenvalue weighted by Crippen LogP contribution is -2.42. The Labute approximate surface area is 138 Å². The second-order valence-corrected chi connectivity index (χ2v) is 8.80. The van der Waals surface area contributed by atoms with Gasteiger partial charge in [0, 0.05) is 17.5 Å². The Hall–Kier alpha value is -0.100. The average Bonchev–Trinajstić information content (AvgIpc) is 2.80. The van der Waals surface area contributed by atoms with E-state index >= 15 is 0 Å². The van der Waals surface area contributed by atoms with Gasteiger partial charge in [0.15, 0.2) is 0 Å². The van der Waals surface area contributed by atoms with E-state index in [9.17, 15) is 8.42 Å². The first kappa shape index (κ1) is 18.9. The van der Waals surface area contributed by atoms with Crippen LogP contribution >= 0.6 is 22.9 Å². The van der Waals surface area contributed by atoms with Gasteiger partial charge in [0.05, 0.1) is 5.88 Å².